The van der Waals surface area contributed by atoms with E-state index < -0.39 is 18.0 Å². The van der Waals surface area contributed by atoms with Crippen molar-refractivity contribution in [2.75, 3.05) is 11.9 Å². The predicted octanol–water partition coefficient (Wildman–Crippen LogP) is 6.01. The van der Waals surface area contributed by atoms with Crippen molar-refractivity contribution < 1.29 is 19.1 Å². The Hall–Kier alpha value is -1.95. The Morgan fingerprint density at radius 3 is 2.25 bits per heavy atom. The molecule has 1 atom stereocenters. The van der Waals surface area contributed by atoms with Crippen LogP contribution in [0.1, 0.15) is 37.0 Å². The van der Waals surface area contributed by atoms with Crippen LogP contribution in [-0.4, -0.2) is 24.6 Å². The summed E-state index contributed by atoms with van der Waals surface area (Å²) >= 11 is 18.0. The van der Waals surface area contributed by atoms with Crippen LogP contribution in [0.25, 0.3) is 0 Å². The fourth-order valence-electron chi connectivity index (χ4n) is 2.22. The molecule has 0 aliphatic rings. The van der Waals surface area contributed by atoms with Gasteiger partial charge < -0.3 is 14.8 Å². The Kier molecular flexibility index (Phi) is 8.42. The summed E-state index contributed by atoms with van der Waals surface area (Å²) in [5.74, 6) is -0.383. The molecule has 0 bridgehead atoms. The maximum Gasteiger partial charge on any atom is 0.347 e. The minimum atomic E-state index is -0.747. The Morgan fingerprint density at radius 2 is 1.68 bits per heavy atom. The highest BCUT2D eigenvalue weighted by atomic mass is 35.5. The number of halogens is 3. The standard InChI is InChI=1S/C20H20Cl3NO4/c1-3-4-9-27-20(26)12(2)28-15-7-5-13(6-8-15)19(25)24-18-16(22)10-14(21)11-17(18)23/h5-8,10-12H,3-4,9H2,1-2H3,(H,24,25). The first-order valence-electron chi connectivity index (χ1n) is 8.71. The molecule has 1 N–H and O–H groups in total. The second-order valence-electron chi connectivity index (χ2n) is 6.00. The van der Waals surface area contributed by atoms with Crippen molar-refractivity contribution in [1.29, 1.82) is 0 Å². The normalized spacial score (nSPS) is 11.6. The SMILES string of the molecule is CCCCOC(=O)C(C)Oc1ccc(C(=O)Nc2c(Cl)cc(Cl)cc2Cl)cc1. The topological polar surface area (TPSA) is 64.6 Å². The number of hydrogen-bond acceptors (Lipinski definition) is 4. The van der Waals surface area contributed by atoms with E-state index in [1.165, 1.54) is 12.1 Å². The summed E-state index contributed by atoms with van der Waals surface area (Å²) in [4.78, 5) is 24.3. The third-order valence-electron chi connectivity index (χ3n) is 3.75. The van der Waals surface area contributed by atoms with Gasteiger partial charge in [-0.25, -0.2) is 4.79 Å². The van der Waals surface area contributed by atoms with Crippen molar-refractivity contribution in [1.82, 2.24) is 0 Å². The number of ether oxygens (including phenoxy) is 2. The van der Waals surface area contributed by atoms with Gasteiger partial charge in [0.1, 0.15) is 5.75 Å². The molecule has 150 valence electrons. The number of carbonyl (C=O) groups excluding carboxylic acids is 2. The number of amides is 1. The first-order valence-corrected chi connectivity index (χ1v) is 9.84. The number of benzene rings is 2. The highest BCUT2D eigenvalue weighted by Crippen LogP contribution is 2.34. The van der Waals surface area contributed by atoms with Crippen LogP contribution in [0.3, 0.4) is 0 Å². The molecule has 0 spiro atoms. The zero-order valence-electron chi connectivity index (χ0n) is 15.4. The molecule has 1 unspecified atom stereocenters. The number of unbranched alkanes of at least 4 members (excludes halogenated alkanes) is 1. The van der Waals surface area contributed by atoms with Crippen molar-refractivity contribution in [3.8, 4) is 5.75 Å². The number of hydrogen-bond donors (Lipinski definition) is 1. The second-order valence-corrected chi connectivity index (χ2v) is 7.25. The monoisotopic (exact) mass is 443 g/mol. The Labute approximate surface area is 178 Å². The summed E-state index contributed by atoms with van der Waals surface area (Å²) < 4.78 is 10.7. The highest BCUT2D eigenvalue weighted by Gasteiger charge is 2.17. The second kappa shape index (κ2) is 10.6. The van der Waals surface area contributed by atoms with Crippen molar-refractivity contribution in [2.24, 2.45) is 0 Å². The average Bonchev–Trinajstić information content (AvgIpc) is 2.65. The maximum atomic E-state index is 12.4. The van der Waals surface area contributed by atoms with Crippen LogP contribution >= 0.6 is 34.8 Å². The molecule has 0 saturated carbocycles. The lowest BCUT2D eigenvalue weighted by atomic mass is 10.2. The lowest BCUT2D eigenvalue weighted by molar-refractivity contribution is -0.151. The lowest BCUT2D eigenvalue weighted by Crippen LogP contribution is -2.26. The first-order chi connectivity index (χ1) is 13.3. The molecule has 0 aliphatic carbocycles. The molecule has 2 aromatic carbocycles. The number of esters is 1. The van der Waals surface area contributed by atoms with Gasteiger partial charge in [-0.2, -0.15) is 0 Å². The summed E-state index contributed by atoms with van der Waals surface area (Å²) in [6.45, 7) is 4.00. The molecule has 1 amide bonds. The summed E-state index contributed by atoms with van der Waals surface area (Å²) in [5, 5.41) is 3.50. The Morgan fingerprint density at radius 1 is 1.07 bits per heavy atom. The zero-order chi connectivity index (χ0) is 20.7. The van der Waals surface area contributed by atoms with E-state index >= 15 is 0 Å². The van der Waals surface area contributed by atoms with E-state index in [-0.39, 0.29) is 15.7 Å². The van der Waals surface area contributed by atoms with Gasteiger partial charge in [-0.1, -0.05) is 48.1 Å². The third kappa shape index (κ3) is 6.30. The largest absolute Gasteiger partial charge is 0.479 e. The van der Waals surface area contributed by atoms with Crippen LogP contribution in [0, 0.1) is 0 Å². The molecule has 0 aliphatic heterocycles. The van der Waals surface area contributed by atoms with Crippen LogP contribution in [0.5, 0.6) is 5.75 Å². The molecule has 0 saturated heterocycles. The van der Waals surface area contributed by atoms with Crippen LogP contribution in [0.2, 0.25) is 15.1 Å². The first kappa shape index (κ1) is 22.3. The van der Waals surface area contributed by atoms with Crippen molar-refractivity contribution in [3.63, 3.8) is 0 Å². The molecule has 2 aromatic rings. The molecular formula is C20H20Cl3NO4. The van der Waals surface area contributed by atoms with Crippen molar-refractivity contribution in [2.45, 2.75) is 32.8 Å². The van der Waals surface area contributed by atoms with Crippen LogP contribution < -0.4 is 10.1 Å². The molecule has 2 rings (SSSR count). The maximum absolute atomic E-state index is 12.4. The minimum absolute atomic E-state index is 0.237. The molecular weight excluding hydrogens is 425 g/mol. The summed E-state index contributed by atoms with van der Waals surface area (Å²) in [6.07, 6.45) is 1.01. The molecule has 0 radical (unpaired) electrons. The Bertz CT molecular complexity index is 817. The highest BCUT2D eigenvalue weighted by molar-refractivity contribution is 6.42. The van der Waals surface area contributed by atoms with E-state index in [1.807, 2.05) is 6.92 Å². The predicted molar refractivity (Wildman–Crippen MR) is 112 cm³/mol. The van der Waals surface area contributed by atoms with Gasteiger partial charge in [-0.3, -0.25) is 4.79 Å². The summed E-state index contributed by atoms with van der Waals surface area (Å²) in [6, 6.07) is 9.30. The van der Waals surface area contributed by atoms with E-state index in [0.29, 0.717) is 22.9 Å². The van der Waals surface area contributed by atoms with E-state index in [4.69, 9.17) is 44.3 Å². The summed E-state index contributed by atoms with van der Waals surface area (Å²) in [7, 11) is 0. The van der Waals surface area contributed by atoms with Gasteiger partial charge in [0.2, 0.25) is 0 Å². The molecule has 28 heavy (non-hydrogen) atoms. The van der Waals surface area contributed by atoms with Gasteiger partial charge in [-0.15, -0.1) is 0 Å². The molecule has 0 aromatic heterocycles. The van der Waals surface area contributed by atoms with Gasteiger partial charge in [-0.05, 0) is 49.7 Å². The van der Waals surface area contributed by atoms with Crippen molar-refractivity contribution in [3.05, 3.63) is 57.0 Å². The zero-order valence-corrected chi connectivity index (χ0v) is 17.7. The molecule has 0 fully saturated rings. The number of anilines is 1. The van der Waals surface area contributed by atoms with Gasteiger partial charge in [0.25, 0.3) is 5.91 Å². The van der Waals surface area contributed by atoms with Crippen LogP contribution in [0.15, 0.2) is 36.4 Å². The smallest absolute Gasteiger partial charge is 0.347 e. The van der Waals surface area contributed by atoms with E-state index in [2.05, 4.69) is 5.32 Å². The minimum Gasteiger partial charge on any atom is -0.479 e. The Balaban J connectivity index is 1.98. The quantitative estimate of drug-likeness (QED) is 0.400. The van der Waals surface area contributed by atoms with Gasteiger partial charge in [0.05, 0.1) is 22.3 Å². The third-order valence-corrected chi connectivity index (χ3v) is 4.56. The van der Waals surface area contributed by atoms with E-state index in [1.54, 1.807) is 31.2 Å². The average molecular weight is 445 g/mol. The molecule has 0 heterocycles. The van der Waals surface area contributed by atoms with Gasteiger partial charge in [0, 0.05) is 10.6 Å². The lowest BCUT2D eigenvalue weighted by Gasteiger charge is -2.14. The van der Waals surface area contributed by atoms with Crippen molar-refractivity contribution >= 4 is 52.4 Å². The fourth-order valence-corrected chi connectivity index (χ4v) is 3.13. The fraction of sp³-hybridized carbons (Fsp3) is 0.300. The van der Waals surface area contributed by atoms with Gasteiger partial charge in [0.15, 0.2) is 6.10 Å². The van der Waals surface area contributed by atoms with Crippen LogP contribution in [0.4, 0.5) is 5.69 Å². The van der Waals surface area contributed by atoms with Gasteiger partial charge >= 0.3 is 5.97 Å². The molecule has 8 heteroatoms. The summed E-state index contributed by atoms with van der Waals surface area (Å²) in [5.41, 5.74) is 0.647. The molecule has 5 nitrogen and oxygen atoms in total. The van der Waals surface area contributed by atoms with Crippen LogP contribution in [-0.2, 0) is 9.53 Å². The number of nitrogens with one attached hydrogen (secondary N) is 1. The van der Waals surface area contributed by atoms with E-state index in [9.17, 15) is 9.59 Å². The van der Waals surface area contributed by atoms with E-state index in [0.717, 1.165) is 12.8 Å². The number of carbonyl (C=O) groups is 2. The number of rotatable bonds is 8.